The molecule has 1 aromatic carbocycles. The molecule has 0 unspecified atom stereocenters. The first-order chi connectivity index (χ1) is 24.7. The zero-order valence-electron chi connectivity index (χ0n) is 30.4. The lowest BCUT2D eigenvalue weighted by Crippen LogP contribution is -2.60. The molecular weight excluding hydrogens is 692 g/mol. The Bertz CT molecular complexity index is 1480. The molecule has 16 nitrogen and oxygen atoms in total. The zero-order chi connectivity index (χ0) is 38.5. The Morgan fingerprint density at radius 1 is 0.808 bits per heavy atom. The van der Waals surface area contributed by atoms with Crippen LogP contribution in [0.2, 0.25) is 0 Å². The summed E-state index contributed by atoms with van der Waals surface area (Å²) in [5, 5.41) is 15.7. The van der Waals surface area contributed by atoms with Crippen LogP contribution in [0.15, 0.2) is 30.3 Å². The molecule has 8 N–H and O–H groups in total. The van der Waals surface area contributed by atoms with Crippen molar-refractivity contribution in [1.82, 2.24) is 36.8 Å². The Balaban J connectivity index is 2.05. The minimum Gasteiger partial charge on any atom is -0.370 e. The van der Waals surface area contributed by atoms with E-state index in [1.54, 1.807) is 37.3 Å². The van der Waals surface area contributed by atoms with E-state index in [0.717, 1.165) is 0 Å². The van der Waals surface area contributed by atoms with Crippen LogP contribution >= 0.6 is 11.8 Å². The minimum atomic E-state index is -1.51. The van der Waals surface area contributed by atoms with E-state index in [2.05, 4.69) is 31.9 Å². The van der Waals surface area contributed by atoms with E-state index < -0.39 is 96.0 Å². The molecule has 2 heterocycles. The van der Waals surface area contributed by atoms with Crippen molar-refractivity contribution in [2.45, 2.75) is 109 Å². The molecule has 52 heavy (non-hydrogen) atoms. The summed E-state index contributed by atoms with van der Waals surface area (Å²) in [6.45, 7) is 6.71. The van der Waals surface area contributed by atoms with Crippen LogP contribution in [0, 0.1) is 5.92 Å². The molecule has 8 atom stereocenters. The highest BCUT2D eigenvalue weighted by Crippen LogP contribution is 2.22. The van der Waals surface area contributed by atoms with Crippen LogP contribution in [-0.4, -0.2) is 113 Å². The summed E-state index contributed by atoms with van der Waals surface area (Å²) < 4.78 is 0. The first-order valence-corrected chi connectivity index (χ1v) is 19.0. The predicted molar refractivity (Wildman–Crippen MR) is 194 cm³/mol. The molecule has 2 aliphatic heterocycles. The molecule has 17 heteroatoms. The Kier molecular flexibility index (Phi) is 15.9. The SMILES string of the molecule is CC[C@H](C)[C@@H]1NC(=O)[C@H](C)NC(=O)[C@H](CCSC)NC(=O)[C@H](C)NC(=O)[C@@H](CC(N)=O)NC(=O)[C@H](Cc2ccccc2)NC(=O)[C@@H]2CCCN2C1=O. The third-order valence-corrected chi connectivity index (χ3v) is 9.96. The Hall–Kier alpha value is -4.67. The molecule has 2 aliphatic rings. The second-order valence-electron chi connectivity index (χ2n) is 13.3. The lowest BCUT2D eigenvalue weighted by molar-refractivity contribution is -0.143. The quantitative estimate of drug-likeness (QED) is 0.162. The highest BCUT2D eigenvalue weighted by molar-refractivity contribution is 7.98. The van der Waals surface area contributed by atoms with Gasteiger partial charge in [-0.3, -0.25) is 38.4 Å². The molecular formula is C35H52N8O8S. The van der Waals surface area contributed by atoms with Crippen LogP contribution < -0.4 is 37.6 Å². The largest absolute Gasteiger partial charge is 0.370 e. The normalized spacial score (nSPS) is 27.8. The third-order valence-electron chi connectivity index (χ3n) is 9.32. The van der Waals surface area contributed by atoms with Crippen LogP contribution in [-0.2, 0) is 44.8 Å². The fourth-order valence-electron chi connectivity index (χ4n) is 6.01. The van der Waals surface area contributed by atoms with Crippen molar-refractivity contribution in [3.8, 4) is 0 Å². The van der Waals surface area contributed by atoms with E-state index in [1.165, 1.54) is 30.5 Å². The van der Waals surface area contributed by atoms with E-state index in [-0.39, 0.29) is 25.3 Å². The number of fused-ring (bicyclic) bond motifs is 1. The maximum absolute atomic E-state index is 14.1. The topological polar surface area (TPSA) is 238 Å². The van der Waals surface area contributed by atoms with Crippen LogP contribution in [0.1, 0.15) is 65.4 Å². The number of primary amides is 1. The molecule has 1 aromatic rings. The van der Waals surface area contributed by atoms with Gasteiger partial charge in [-0.15, -0.1) is 0 Å². The molecule has 3 rings (SSSR count). The molecule has 8 amide bonds. The number of thioether (sulfide) groups is 1. The summed E-state index contributed by atoms with van der Waals surface area (Å²) in [6, 6.07) is 0.650. The third kappa shape index (κ3) is 11.7. The number of benzene rings is 1. The van der Waals surface area contributed by atoms with E-state index in [9.17, 15) is 38.4 Å². The first kappa shape index (κ1) is 41.7. The fraction of sp³-hybridized carbons (Fsp3) is 0.600. The van der Waals surface area contributed by atoms with Crippen LogP contribution in [0.25, 0.3) is 0 Å². The maximum Gasteiger partial charge on any atom is 0.246 e. The summed E-state index contributed by atoms with van der Waals surface area (Å²) in [5.74, 6) is -5.59. The van der Waals surface area contributed by atoms with Gasteiger partial charge < -0.3 is 42.5 Å². The maximum atomic E-state index is 14.1. The summed E-state index contributed by atoms with van der Waals surface area (Å²) in [4.78, 5) is 109. The number of nitrogens with zero attached hydrogens (tertiary/aromatic N) is 1. The second-order valence-corrected chi connectivity index (χ2v) is 14.3. The Morgan fingerprint density at radius 2 is 1.37 bits per heavy atom. The number of rotatable bonds is 9. The number of hydrogen-bond donors (Lipinski definition) is 7. The molecule has 0 aliphatic carbocycles. The molecule has 0 bridgehead atoms. The van der Waals surface area contributed by atoms with E-state index >= 15 is 0 Å². The van der Waals surface area contributed by atoms with Gasteiger partial charge in [-0.1, -0.05) is 50.6 Å². The predicted octanol–water partition coefficient (Wildman–Crippen LogP) is -1.14. The van der Waals surface area contributed by atoms with E-state index in [0.29, 0.717) is 30.6 Å². The standard InChI is InChI=1S/C35H52N8O8S/c1-6-19(2)28-35(51)43-15-10-13-26(43)34(50)41-24(17-22-11-8-7-9-12-22)33(49)40-25(18-27(36)44)32(48)38-20(3)29(45)39-23(14-16-52-5)31(47)37-21(4)30(46)42-28/h7-9,11-12,19-21,23-26,28H,6,10,13-18H2,1-5H3,(H2,36,44)(H,37,47)(H,38,48)(H,39,45)(H,40,49)(H,41,50)(H,42,46)/t19-,20-,21-,23-,24-,25+,26-,28-/m0/s1. The summed E-state index contributed by atoms with van der Waals surface area (Å²) in [5.41, 5.74) is 6.11. The van der Waals surface area contributed by atoms with Gasteiger partial charge in [-0.05, 0) is 56.6 Å². The number of amides is 8. The Labute approximate surface area is 308 Å². The summed E-state index contributed by atoms with van der Waals surface area (Å²) >= 11 is 1.44. The average Bonchev–Trinajstić information content (AvgIpc) is 3.61. The van der Waals surface area contributed by atoms with Gasteiger partial charge in [0.25, 0.3) is 0 Å². The molecule has 2 saturated heterocycles. The van der Waals surface area contributed by atoms with Crippen molar-refractivity contribution in [2.24, 2.45) is 11.7 Å². The molecule has 0 saturated carbocycles. The van der Waals surface area contributed by atoms with Crippen LogP contribution in [0.5, 0.6) is 0 Å². The van der Waals surface area contributed by atoms with Crippen molar-refractivity contribution in [1.29, 1.82) is 0 Å². The van der Waals surface area contributed by atoms with E-state index in [1.807, 2.05) is 13.2 Å². The number of carbonyl (C=O) groups is 8. The van der Waals surface area contributed by atoms with Gasteiger partial charge in [-0.2, -0.15) is 11.8 Å². The van der Waals surface area contributed by atoms with Crippen molar-refractivity contribution in [3.63, 3.8) is 0 Å². The fourth-order valence-corrected chi connectivity index (χ4v) is 6.48. The second kappa shape index (κ2) is 19.8. The highest BCUT2D eigenvalue weighted by atomic mass is 32.2. The monoisotopic (exact) mass is 744 g/mol. The van der Waals surface area contributed by atoms with Crippen molar-refractivity contribution in [3.05, 3.63) is 35.9 Å². The van der Waals surface area contributed by atoms with Gasteiger partial charge in [-0.25, -0.2) is 0 Å². The summed E-state index contributed by atoms with van der Waals surface area (Å²) in [7, 11) is 0. The first-order valence-electron chi connectivity index (χ1n) is 17.6. The zero-order valence-corrected chi connectivity index (χ0v) is 31.2. The molecule has 286 valence electrons. The summed E-state index contributed by atoms with van der Waals surface area (Å²) in [6.07, 6.45) is 2.72. The van der Waals surface area contributed by atoms with Crippen molar-refractivity contribution < 1.29 is 38.4 Å². The van der Waals surface area contributed by atoms with E-state index in [4.69, 9.17) is 5.73 Å². The number of carbonyl (C=O) groups excluding carboxylic acids is 8. The minimum absolute atomic E-state index is 0.00466. The lowest BCUT2D eigenvalue weighted by Gasteiger charge is -2.32. The van der Waals surface area contributed by atoms with Gasteiger partial charge in [0.05, 0.1) is 6.42 Å². The van der Waals surface area contributed by atoms with Gasteiger partial charge in [0.1, 0.15) is 42.3 Å². The Morgan fingerprint density at radius 3 is 1.96 bits per heavy atom. The van der Waals surface area contributed by atoms with Gasteiger partial charge in [0, 0.05) is 13.0 Å². The van der Waals surface area contributed by atoms with Crippen LogP contribution in [0.4, 0.5) is 0 Å². The van der Waals surface area contributed by atoms with Gasteiger partial charge >= 0.3 is 0 Å². The number of nitrogens with one attached hydrogen (secondary N) is 6. The number of hydrogen-bond acceptors (Lipinski definition) is 9. The molecule has 0 spiro atoms. The highest BCUT2D eigenvalue weighted by Gasteiger charge is 2.41. The molecule has 0 radical (unpaired) electrons. The van der Waals surface area contributed by atoms with Gasteiger partial charge in [0.15, 0.2) is 0 Å². The lowest BCUT2D eigenvalue weighted by atomic mass is 9.96. The average molecular weight is 745 g/mol. The van der Waals surface area contributed by atoms with Crippen molar-refractivity contribution in [2.75, 3.05) is 18.6 Å². The molecule has 2 fully saturated rings. The number of nitrogens with two attached hydrogens (primary N) is 1. The van der Waals surface area contributed by atoms with Gasteiger partial charge in [0.2, 0.25) is 47.3 Å². The van der Waals surface area contributed by atoms with Crippen LogP contribution in [0.3, 0.4) is 0 Å². The smallest absolute Gasteiger partial charge is 0.246 e. The molecule has 0 aromatic heterocycles. The van der Waals surface area contributed by atoms with Crippen molar-refractivity contribution >= 4 is 59.0 Å².